The molecule has 0 saturated heterocycles. The van der Waals surface area contributed by atoms with E-state index in [2.05, 4.69) is 13.0 Å². The molecule has 4 nitrogen and oxygen atoms in total. The first-order valence-corrected chi connectivity index (χ1v) is 11.2. The fourth-order valence-electron chi connectivity index (χ4n) is 6.91. The van der Waals surface area contributed by atoms with Gasteiger partial charge in [0.15, 0.2) is 11.6 Å². The number of hydrogen-bond acceptors (Lipinski definition) is 4. The number of aliphatic hydroxyl groups is 2. The van der Waals surface area contributed by atoms with Crippen molar-refractivity contribution >= 4 is 11.6 Å². The predicted octanol–water partition coefficient (Wildman–Crippen LogP) is 3.92. The van der Waals surface area contributed by atoms with Gasteiger partial charge in [-0.05, 0) is 94.3 Å². The van der Waals surface area contributed by atoms with Gasteiger partial charge in [0, 0.05) is 11.8 Å². The summed E-state index contributed by atoms with van der Waals surface area (Å²) in [4.78, 5) is 24.4. The van der Waals surface area contributed by atoms with Crippen LogP contribution in [0.2, 0.25) is 0 Å². The minimum absolute atomic E-state index is 0.0526. The first-order chi connectivity index (χ1) is 13.6. The van der Waals surface area contributed by atoms with Crippen LogP contribution in [0.3, 0.4) is 0 Å². The van der Waals surface area contributed by atoms with E-state index >= 15 is 0 Å². The molecule has 4 aliphatic rings. The molecule has 2 saturated carbocycles. The van der Waals surface area contributed by atoms with Gasteiger partial charge in [0.05, 0.1) is 11.7 Å². The lowest BCUT2D eigenvalue weighted by molar-refractivity contribution is -0.119. The minimum atomic E-state index is -1.03. The molecule has 0 heterocycles. The molecule has 7 atom stereocenters. The molecular formula is C25H34O4. The molecule has 4 rings (SSSR count). The number of carbonyl (C=O) groups is 2. The second-order valence-electron chi connectivity index (χ2n) is 10.3. The fourth-order valence-corrected chi connectivity index (χ4v) is 6.91. The van der Waals surface area contributed by atoms with Crippen LogP contribution in [0.15, 0.2) is 35.5 Å². The first-order valence-electron chi connectivity index (χ1n) is 11.2. The van der Waals surface area contributed by atoms with Gasteiger partial charge >= 0.3 is 0 Å². The molecule has 0 aromatic heterocycles. The van der Waals surface area contributed by atoms with E-state index in [1.807, 2.05) is 13.0 Å². The first kappa shape index (κ1) is 20.7. The van der Waals surface area contributed by atoms with Gasteiger partial charge in [-0.2, -0.15) is 0 Å². The SMILES string of the molecule is CC(=O)/C=C/[C@](C)(O)[C@H]1CC[C@H]2C3=CC(=O)[C@@H]4CC(=CC[C@H](O)C4)[C@H]3CC[C@@]21C. The average molecular weight is 399 g/mol. The lowest BCUT2D eigenvalue weighted by atomic mass is 9.57. The van der Waals surface area contributed by atoms with E-state index in [4.69, 9.17) is 0 Å². The van der Waals surface area contributed by atoms with Gasteiger partial charge in [-0.25, -0.2) is 0 Å². The van der Waals surface area contributed by atoms with Gasteiger partial charge in [0.2, 0.25) is 0 Å². The molecule has 29 heavy (non-hydrogen) atoms. The number of fused-ring (bicyclic) bond motifs is 6. The smallest absolute Gasteiger partial charge is 0.159 e. The van der Waals surface area contributed by atoms with E-state index in [1.54, 1.807) is 6.08 Å². The van der Waals surface area contributed by atoms with Crippen molar-refractivity contribution in [3.8, 4) is 0 Å². The Balaban J connectivity index is 1.68. The summed E-state index contributed by atoms with van der Waals surface area (Å²) in [6.07, 6.45) is 12.7. The number of ketones is 2. The van der Waals surface area contributed by atoms with Crippen LogP contribution in [0.1, 0.15) is 65.7 Å². The Bertz CT molecular complexity index is 802. The van der Waals surface area contributed by atoms with Crippen LogP contribution in [0.4, 0.5) is 0 Å². The zero-order valence-corrected chi connectivity index (χ0v) is 17.9. The minimum Gasteiger partial charge on any atom is -0.393 e. The Hall–Kier alpha value is -1.52. The molecule has 2 bridgehead atoms. The van der Waals surface area contributed by atoms with Crippen LogP contribution in [0, 0.1) is 29.1 Å². The van der Waals surface area contributed by atoms with E-state index < -0.39 is 11.7 Å². The van der Waals surface area contributed by atoms with Crippen LogP contribution in [0.5, 0.6) is 0 Å². The Morgan fingerprint density at radius 3 is 2.79 bits per heavy atom. The monoisotopic (exact) mass is 398 g/mol. The number of rotatable bonds is 3. The maximum Gasteiger partial charge on any atom is 0.159 e. The van der Waals surface area contributed by atoms with Crippen molar-refractivity contribution in [2.75, 3.05) is 0 Å². The molecule has 2 N–H and O–H groups in total. The lowest BCUT2D eigenvalue weighted by Crippen LogP contribution is -2.45. The summed E-state index contributed by atoms with van der Waals surface area (Å²) in [5.41, 5.74) is 1.50. The van der Waals surface area contributed by atoms with Gasteiger partial charge in [-0.15, -0.1) is 0 Å². The van der Waals surface area contributed by atoms with Gasteiger partial charge in [-0.3, -0.25) is 9.59 Å². The molecule has 0 radical (unpaired) electrons. The molecule has 0 aliphatic heterocycles. The average Bonchev–Trinajstić information content (AvgIpc) is 2.81. The van der Waals surface area contributed by atoms with Crippen molar-refractivity contribution in [2.45, 2.75) is 77.4 Å². The van der Waals surface area contributed by atoms with E-state index in [9.17, 15) is 19.8 Å². The van der Waals surface area contributed by atoms with Crippen molar-refractivity contribution in [1.82, 2.24) is 0 Å². The summed E-state index contributed by atoms with van der Waals surface area (Å²) in [6.45, 7) is 5.60. The third kappa shape index (κ3) is 3.59. The summed E-state index contributed by atoms with van der Waals surface area (Å²) >= 11 is 0. The maximum atomic E-state index is 13.0. The van der Waals surface area contributed by atoms with Crippen molar-refractivity contribution in [2.24, 2.45) is 29.1 Å². The van der Waals surface area contributed by atoms with Crippen LogP contribution >= 0.6 is 0 Å². The van der Waals surface area contributed by atoms with E-state index in [0.717, 1.165) is 32.1 Å². The summed E-state index contributed by atoms with van der Waals surface area (Å²) in [5.74, 6) is 0.687. The van der Waals surface area contributed by atoms with Crippen molar-refractivity contribution in [3.63, 3.8) is 0 Å². The molecule has 0 spiro atoms. The highest BCUT2D eigenvalue weighted by Crippen LogP contribution is 2.63. The van der Waals surface area contributed by atoms with Crippen LogP contribution in [-0.2, 0) is 9.59 Å². The Kier molecular flexibility index (Phi) is 5.23. The zero-order valence-electron chi connectivity index (χ0n) is 17.9. The highest BCUT2D eigenvalue weighted by Gasteiger charge is 2.57. The number of aliphatic hydroxyl groups excluding tert-OH is 1. The van der Waals surface area contributed by atoms with Gasteiger partial charge in [0.1, 0.15) is 0 Å². The molecule has 0 unspecified atom stereocenters. The molecule has 158 valence electrons. The topological polar surface area (TPSA) is 74.6 Å². The predicted molar refractivity (Wildman–Crippen MR) is 112 cm³/mol. The Labute approximate surface area is 173 Å². The van der Waals surface area contributed by atoms with Crippen molar-refractivity contribution in [1.29, 1.82) is 0 Å². The molecule has 4 aliphatic carbocycles. The second kappa shape index (κ2) is 7.31. The van der Waals surface area contributed by atoms with Crippen LogP contribution < -0.4 is 0 Å². The molecule has 2 fully saturated rings. The van der Waals surface area contributed by atoms with Crippen LogP contribution in [0.25, 0.3) is 0 Å². The van der Waals surface area contributed by atoms with Crippen molar-refractivity contribution < 1.29 is 19.8 Å². The van der Waals surface area contributed by atoms with Gasteiger partial charge in [0.25, 0.3) is 0 Å². The van der Waals surface area contributed by atoms with E-state index in [0.29, 0.717) is 24.7 Å². The number of carbonyl (C=O) groups excluding carboxylic acids is 2. The second-order valence-corrected chi connectivity index (χ2v) is 10.3. The highest BCUT2D eigenvalue weighted by molar-refractivity contribution is 5.93. The van der Waals surface area contributed by atoms with Gasteiger partial charge in [-0.1, -0.05) is 24.1 Å². The Morgan fingerprint density at radius 2 is 2.07 bits per heavy atom. The third-order valence-electron chi connectivity index (χ3n) is 8.32. The maximum absolute atomic E-state index is 13.0. The molecular weight excluding hydrogens is 364 g/mol. The van der Waals surface area contributed by atoms with Gasteiger partial charge < -0.3 is 10.2 Å². The fraction of sp³-hybridized carbons (Fsp3) is 0.680. The third-order valence-corrected chi connectivity index (χ3v) is 8.32. The standard InChI is InChI=1S/C25H34O4/c1-15(26)8-11-25(3,29)23-7-6-21-20-14-22(28)17-12-16(4-5-18(27)13-17)19(20)9-10-24(21,23)2/h4,8,11,14,17-19,21,23,27,29H,5-7,9-10,12-13H2,1-3H3/b11-8+/t17-,18+,19-,21+,23+,24+,25+/m1/s1. The highest BCUT2D eigenvalue weighted by atomic mass is 16.3. The van der Waals surface area contributed by atoms with Crippen molar-refractivity contribution in [3.05, 3.63) is 35.5 Å². The zero-order chi connectivity index (χ0) is 21.0. The lowest BCUT2D eigenvalue weighted by Gasteiger charge is -2.49. The van der Waals surface area contributed by atoms with E-state index in [-0.39, 0.29) is 28.8 Å². The Morgan fingerprint density at radius 1 is 1.31 bits per heavy atom. The summed E-state index contributed by atoms with van der Waals surface area (Å²) in [7, 11) is 0. The summed E-state index contributed by atoms with van der Waals surface area (Å²) in [5, 5.41) is 21.4. The van der Waals surface area contributed by atoms with E-state index in [1.165, 1.54) is 24.1 Å². The number of allylic oxidation sites excluding steroid dienone is 4. The largest absolute Gasteiger partial charge is 0.393 e. The molecule has 4 heteroatoms. The summed E-state index contributed by atoms with van der Waals surface area (Å²) < 4.78 is 0. The number of hydrogen-bond donors (Lipinski definition) is 2. The summed E-state index contributed by atoms with van der Waals surface area (Å²) in [6, 6.07) is 0. The quantitative estimate of drug-likeness (QED) is 0.558. The van der Waals surface area contributed by atoms with Crippen LogP contribution in [-0.4, -0.2) is 33.5 Å². The molecule has 0 amide bonds. The molecule has 0 aromatic rings. The normalized spacial score (nSPS) is 41.6. The molecule has 0 aromatic carbocycles.